The highest BCUT2D eigenvalue weighted by molar-refractivity contribution is 6.06. The van der Waals surface area contributed by atoms with Crippen molar-refractivity contribution in [3.8, 4) is 11.5 Å². The molecule has 46 heavy (non-hydrogen) atoms. The molecule has 1 aliphatic heterocycles. The molecule has 3 N–H and O–H groups in total. The Kier molecular flexibility index (Phi) is 12.8. The van der Waals surface area contributed by atoms with Crippen molar-refractivity contribution < 1.29 is 38.9 Å². The van der Waals surface area contributed by atoms with Crippen LogP contribution in [-0.4, -0.2) is 96.3 Å². The molecule has 0 bridgehead atoms. The van der Waals surface area contributed by atoms with Crippen molar-refractivity contribution >= 4 is 23.3 Å². The van der Waals surface area contributed by atoms with E-state index in [1.54, 1.807) is 39.2 Å². The second-order valence-corrected chi connectivity index (χ2v) is 11.8. The number of nitro benzene ring substituents is 1. The molecule has 0 fully saturated rings. The lowest BCUT2D eigenvalue weighted by Gasteiger charge is -2.33. The van der Waals surface area contributed by atoms with Gasteiger partial charge in [-0.25, -0.2) is 4.79 Å². The van der Waals surface area contributed by atoms with Crippen LogP contribution in [0.25, 0.3) is 0 Å². The van der Waals surface area contributed by atoms with Crippen molar-refractivity contribution in [2.45, 2.75) is 51.7 Å². The van der Waals surface area contributed by atoms with Gasteiger partial charge in [0, 0.05) is 42.4 Å². The number of nitrogens with zero attached hydrogens (tertiary/aromatic N) is 3. The number of para-hydroxylation sites is 2. The number of carbonyl (C=O) groups excluding carboxylic acids is 1. The van der Waals surface area contributed by atoms with Gasteiger partial charge in [0.2, 0.25) is 0 Å². The third-order valence-corrected chi connectivity index (χ3v) is 7.77. The average Bonchev–Trinajstić information content (AvgIpc) is 3.01. The molecule has 0 amide bonds. The maximum Gasteiger partial charge on any atom is 0.336 e. The fraction of sp³-hybridized carbons (Fsp3) is 0.485. The number of aliphatic hydroxyl groups is 1. The van der Waals surface area contributed by atoms with Gasteiger partial charge in [-0.3, -0.25) is 19.9 Å². The number of ether oxygens (including phenoxy) is 3. The van der Waals surface area contributed by atoms with E-state index in [0.717, 1.165) is 0 Å². The summed E-state index contributed by atoms with van der Waals surface area (Å²) in [5.74, 6) is -3.03. The van der Waals surface area contributed by atoms with Gasteiger partial charge >= 0.3 is 11.9 Å². The summed E-state index contributed by atoms with van der Waals surface area (Å²) >= 11 is 0. The lowest BCUT2D eigenvalue weighted by atomic mass is 9.75. The Morgan fingerprint density at radius 1 is 1.17 bits per heavy atom. The van der Waals surface area contributed by atoms with E-state index in [0.29, 0.717) is 35.7 Å². The van der Waals surface area contributed by atoms with Crippen LogP contribution in [0.4, 0.5) is 5.69 Å². The van der Waals surface area contributed by atoms with Gasteiger partial charge in [-0.15, -0.1) is 0 Å². The number of nitrogens with one attached hydrogen (secondary N) is 1. The first-order chi connectivity index (χ1) is 21.8. The zero-order valence-electron chi connectivity index (χ0n) is 27.2. The summed E-state index contributed by atoms with van der Waals surface area (Å²) < 4.78 is 16.4. The van der Waals surface area contributed by atoms with E-state index in [1.807, 2.05) is 37.9 Å². The summed E-state index contributed by atoms with van der Waals surface area (Å²) in [5.41, 5.74) is 0.424. The number of hydrogen-bond donors (Lipinski definition) is 3. The van der Waals surface area contributed by atoms with Crippen molar-refractivity contribution in [3.63, 3.8) is 0 Å². The van der Waals surface area contributed by atoms with Gasteiger partial charge in [-0.1, -0.05) is 24.3 Å². The van der Waals surface area contributed by atoms with Gasteiger partial charge < -0.3 is 34.6 Å². The summed E-state index contributed by atoms with van der Waals surface area (Å²) in [7, 11) is 3.41. The van der Waals surface area contributed by atoms with Crippen molar-refractivity contribution in [1.82, 2.24) is 10.2 Å². The van der Waals surface area contributed by atoms with Crippen LogP contribution in [0.3, 0.4) is 0 Å². The number of β-amino-alcohol motifs (C(OH)–C–C–N with tert-alkyl or cyclic N) is 1. The summed E-state index contributed by atoms with van der Waals surface area (Å²) in [6, 6.07) is 12.9. The predicted octanol–water partition coefficient (Wildman–Crippen LogP) is 3.81. The minimum atomic E-state index is -1.21. The molecule has 13 heteroatoms. The number of carbonyl (C=O) groups is 2. The van der Waals surface area contributed by atoms with Crippen molar-refractivity contribution in [1.29, 1.82) is 0 Å². The van der Waals surface area contributed by atoms with Gasteiger partial charge in [0.25, 0.3) is 5.69 Å². The fourth-order valence-corrected chi connectivity index (χ4v) is 5.29. The van der Waals surface area contributed by atoms with Crippen molar-refractivity contribution in [2.75, 3.05) is 47.0 Å². The molecular formula is C33H44N4O9. The van der Waals surface area contributed by atoms with E-state index < -0.39 is 34.8 Å². The summed E-state index contributed by atoms with van der Waals surface area (Å²) in [6.07, 6.45) is -0.118. The normalized spacial score (nSPS) is 17.3. The number of non-ortho nitro benzene ring substituents is 1. The molecule has 2 aromatic rings. The zero-order valence-corrected chi connectivity index (χ0v) is 27.2. The van der Waals surface area contributed by atoms with Crippen LogP contribution in [0.15, 0.2) is 64.8 Å². The molecule has 0 aromatic heterocycles. The monoisotopic (exact) mass is 640 g/mol. The van der Waals surface area contributed by atoms with Crippen LogP contribution in [0.1, 0.15) is 45.6 Å². The van der Waals surface area contributed by atoms with Crippen LogP contribution in [-0.2, 0) is 14.3 Å². The minimum absolute atomic E-state index is 0.0587. The Bertz CT molecular complexity index is 1460. The van der Waals surface area contributed by atoms with Gasteiger partial charge in [-0.2, -0.15) is 0 Å². The highest BCUT2D eigenvalue weighted by Crippen LogP contribution is 2.41. The zero-order chi connectivity index (χ0) is 34.0. The largest absolute Gasteiger partial charge is 0.493 e. The minimum Gasteiger partial charge on any atom is -0.493 e. The topological polar surface area (TPSA) is 173 Å². The van der Waals surface area contributed by atoms with E-state index in [1.165, 1.54) is 18.2 Å². The number of nitro groups is 1. The Morgan fingerprint density at radius 3 is 2.50 bits per heavy atom. The first-order valence-electron chi connectivity index (χ1n) is 15.1. The first-order valence-corrected chi connectivity index (χ1v) is 15.1. The quantitative estimate of drug-likeness (QED) is 0.130. The standard InChI is InChI=1S/C33H44N4O9/c1-7-45-32(41)30-25(35-21(2)28(31(39)40)29(30)22-11-10-12-23(17-22)37(42)43)19-36(5)16-15-33(3,4)34-18-24(38)20-46-27-14-9-8-13-26(27)44-6/h8-14,17,24,28-29,34,38H,7,15-16,18-20H2,1-6H3,(H,39,40). The van der Waals surface area contributed by atoms with Crippen molar-refractivity contribution in [2.24, 2.45) is 10.9 Å². The Hall–Kier alpha value is -4.33. The lowest BCUT2D eigenvalue weighted by molar-refractivity contribution is -0.384. The molecule has 0 saturated heterocycles. The number of rotatable bonds is 17. The number of aliphatic imine (C=N–C) groups is 1. The molecule has 0 radical (unpaired) electrons. The van der Waals surface area contributed by atoms with E-state index in [9.17, 15) is 29.9 Å². The first kappa shape index (κ1) is 36.1. The molecule has 13 nitrogen and oxygen atoms in total. The summed E-state index contributed by atoms with van der Waals surface area (Å²) in [5, 5.41) is 35.6. The van der Waals surface area contributed by atoms with Crippen LogP contribution in [0, 0.1) is 16.0 Å². The van der Waals surface area contributed by atoms with Gasteiger partial charge in [0.1, 0.15) is 18.6 Å². The Morgan fingerprint density at radius 2 is 1.87 bits per heavy atom. The summed E-state index contributed by atoms with van der Waals surface area (Å²) in [6.45, 7) is 8.44. The molecule has 0 saturated carbocycles. The third kappa shape index (κ3) is 9.59. The maximum atomic E-state index is 13.4. The molecule has 1 aliphatic rings. The highest BCUT2D eigenvalue weighted by atomic mass is 16.6. The predicted molar refractivity (Wildman–Crippen MR) is 172 cm³/mol. The molecule has 3 unspecified atom stereocenters. The Labute approximate surface area is 269 Å². The smallest absolute Gasteiger partial charge is 0.336 e. The van der Waals surface area contributed by atoms with Gasteiger partial charge in [-0.05, 0) is 65.4 Å². The summed E-state index contributed by atoms with van der Waals surface area (Å²) in [4.78, 5) is 43.3. The second-order valence-electron chi connectivity index (χ2n) is 11.8. The number of carboxylic acids is 1. The number of likely N-dealkylation sites (N-methyl/N-ethyl adjacent to an activating group) is 1. The number of methoxy groups -OCH3 is 1. The van der Waals surface area contributed by atoms with E-state index in [2.05, 4.69) is 10.3 Å². The number of hydrogen-bond acceptors (Lipinski definition) is 11. The average molecular weight is 641 g/mol. The molecule has 1 heterocycles. The molecule has 0 aliphatic carbocycles. The van der Waals surface area contributed by atoms with E-state index >= 15 is 0 Å². The molecular weight excluding hydrogens is 596 g/mol. The van der Waals surface area contributed by atoms with Crippen LogP contribution >= 0.6 is 0 Å². The number of esters is 1. The molecule has 250 valence electrons. The molecule has 3 atom stereocenters. The molecule has 3 rings (SSSR count). The van der Waals surface area contributed by atoms with Crippen LogP contribution in [0.5, 0.6) is 11.5 Å². The number of benzene rings is 2. The van der Waals surface area contributed by atoms with Crippen molar-refractivity contribution in [3.05, 3.63) is 75.5 Å². The Balaban J connectivity index is 1.74. The molecule has 2 aromatic carbocycles. The number of aliphatic hydroxyl groups excluding tert-OH is 1. The lowest BCUT2D eigenvalue weighted by Crippen LogP contribution is -2.46. The van der Waals surface area contributed by atoms with Gasteiger partial charge in [0.05, 0.1) is 29.9 Å². The molecule has 0 spiro atoms. The van der Waals surface area contributed by atoms with Crippen LogP contribution < -0.4 is 14.8 Å². The maximum absolute atomic E-state index is 13.4. The number of aliphatic carboxylic acids is 1. The van der Waals surface area contributed by atoms with E-state index in [-0.39, 0.29) is 48.8 Å². The van der Waals surface area contributed by atoms with E-state index in [4.69, 9.17) is 14.2 Å². The highest BCUT2D eigenvalue weighted by Gasteiger charge is 2.43. The van der Waals surface area contributed by atoms with Gasteiger partial charge in [0.15, 0.2) is 11.5 Å². The second kappa shape index (κ2) is 16.3. The third-order valence-electron chi connectivity index (χ3n) is 7.77. The number of carboxylic acid groups (broad SMARTS) is 1. The SMILES string of the molecule is CCOC(=O)C1=C(CN(C)CCC(C)(C)NCC(O)COc2ccccc2OC)N=C(C)C(C(=O)O)C1c1cccc([N+](=O)[O-])c1. The van der Waals surface area contributed by atoms with Crippen LogP contribution in [0.2, 0.25) is 0 Å². The fourth-order valence-electron chi connectivity index (χ4n) is 5.29.